The maximum Gasteiger partial charge on any atom is 0.229 e. The van der Waals surface area contributed by atoms with Crippen LogP contribution in [-0.2, 0) is 14.2 Å². The molecular formula is C20H22O7. The second kappa shape index (κ2) is 7.84. The third-order valence-electron chi connectivity index (χ3n) is 4.72. The molecule has 2 aliphatic rings. The molecule has 0 saturated carbocycles. The highest BCUT2D eigenvalue weighted by Crippen LogP contribution is 2.34. The van der Waals surface area contributed by atoms with Crippen LogP contribution in [0.1, 0.15) is 11.9 Å². The standard InChI is InChI=1S/C20H22O7/c1-23-13-7-9-14(10-8-13)25-20-17(22)16(21)18-15(26-20)11-24-19(27-18)12-5-3-2-4-6-12/h2-10,15-22H,11H2,1H3/t15?,16-,17?,18+,19?,20-/m1/s1. The monoisotopic (exact) mass is 374 g/mol. The third kappa shape index (κ3) is 3.78. The van der Waals surface area contributed by atoms with Crippen molar-refractivity contribution < 1.29 is 33.9 Å². The molecule has 2 N–H and O–H groups in total. The third-order valence-corrected chi connectivity index (χ3v) is 4.72. The van der Waals surface area contributed by atoms with Crippen molar-refractivity contribution >= 4 is 0 Å². The minimum Gasteiger partial charge on any atom is -0.497 e. The van der Waals surface area contributed by atoms with E-state index in [1.165, 1.54) is 0 Å². The van der Waals surface area contributed by atoms with Gasteiger partial charge >= 0.3 is 0 Å². The molecule has 0 aromatic heterocycles. The van der Waals surface area contributed by atoms with Gasteiger partial charge in [0.15, 0.2) is 6.29 Å². The number of methoxy groups -OCH3 is 1. The Balaban J connectivity index is 1.43. The lowest BCUT2D eigenvalue weighted by molar-refractivity contribution is -0.350. The van der Waals surface area contributed by atoms with E-state index < -0.39 is 37.0 Å². The van der Waals surface area contributed by atoms with Crippen LogP contribution >= 0.6 is 0 Å². The molecule has 7 nitrogen and oxygen atoms in total. The summed E-state index contributed by atoms with van der Waals surface area (Å²) in [4.78, 5) is 0. The van der Waals surface area contributed by atoms with Crippen molar-refractivity contribution in [3.63, 3.8) is 0 Å². The Labute approximate surface area is 157 Å². The van der Waals surface area contributed by atoms with Gasteiger partial charge in [-0.15, -0.1) is 0 Å². The van der Waals surface area contributed by atoms with Gasteiger partial charge in [-0.1, -0.05) is 30.3 Å². The number of benzene rings is 2. The van der Waals surface area contributed by atoms with Crippen molar-refractivity contribution in [1.29, 1.82) is 0 Å². The summed E-state index contributed by atoms with van der Waals surface area (Å²) in [6.45, 7) is 0.219. The van der Waals surface area contributed by atoms with Crippen molar-refractivity contribution in [3.05, 3.63) is 60.2 Å². The Morgan fingerprint density at radius 2 is 1.59 bits per heavy atom. The van der Waals surface area contributed by atoms with E-state index in [0.717, 1.165) is 5.56 Å². The lowest BCUT2D eigenvalue weighted by Gasteiger charge is -2.46. The molecule has 0 spiro atoms. The van der Waals surface area contributed by atoms with Gasteiger partial charge in [0.1, 0.15) is 35.9 Å². The molecule has 0 radical (unpaired) electrons. The van der Waals surface area contributed by atoms with E-state index in [0.29, 0.717) is 11.5 Å². The Bertz CT molecular complexity index is 734. The highest BCUT2D eigenvalue weighted by molar-refractivity contribution is 5.31. The predicted molar refractivity (Wildman–Crippen MR) is 94.3 cm³/mol. The van der Waals surface area contributed by atoms with Gasteiger partial charge < -0.3 is 33.9 Å². The fraction of sp³-hybridized carbons (Fsp3) is 0.400. The van der Waals surface area contributed by atoms with Crippen molar-refractivity contribution in [1.82, 2.24) is 0 Å². The molecule has 144 valence electrons. The van der Waals surface area contributed by atoms with Gasteiger partial charge in [-0.05, 0) is 24.3 Å². The minimum atomic E-state index is -1.26. The summed E-state index contributed by atoms with van der Waals surface area (Å²) in [6.07, 6.45) is -5.33. The zero-order valence-electron chi connectivity index (χ0n) is 14.8. The number of hydrogen-bond donors (Lipinski definition) is 2. The Morgan fingerprint density at radius 3 is 2.30 bits per heavy atom. The molecule has 0 amide bonds. The summed E-state index contributed by atoms with van der Waals surface area (Å²) in [5, 5.41) is 21.0. The molecule has 4 rings (SSSR count). The van der Waals surface area contributed by atoms with Gasteiger partial charge in [0.2, 0.25) is 6.29 Å². The molecule has 0 aliphatic carbocycles. The average Bonchev–Trinajstić information content (AvgIpc) is 2.73. The van der Waals surface area contributed by atoms with E-state index in [-0.39, 0.29) is 6.61 Å². The van der Waals surface area contributed by atoms with Crippen molar-refractivity contribution in [2.45, 2.75) is 37.0 Å². The zero-order valence-corrected chi connectivity index (χ0v) is 14.8. The van der Waals surface area contributed by atoms with Crippen LogP contribution in [0.15, 0.2) is 54.6 Å². The van der Waals surface area contributed by atoms with Crippen molar-refractivity contribution in [2.75, 3.05) is 13.7 Å². The summed E-state index contributed by atoms with van der Waals surface area (Å²) in [6, 6.07) is 16.3. The van der Waals surface area contributed by atoms with E-state index in [2.05, 4.69) is 0 Å². The number of ether oxygens (including phenoxy) is 5. The Morgan fingerprint density at radius 1 is 0.889 bits per heavy atom. The molecule has 2 fully saturated rings. The molecule has 2 aliphatic heterocycles. The first-order valence-corrected chi connectivity index (χ1v) is 8.80. The number of aliphatic hydroxyl groups excluding tert-OH is 2. The van der Waals surface area contributed by atoms with Gasteiger partial charge in [0.25, 0.3) is 0 Å². The Kier molecular flexibility index (Phi) is 5.29. The summed E-state index contributed by atoms with van der Waals surface area (Å²) in [7, 11) is 1.58. The molecule has 2 aromatic carbocycles. The van der Waals surface area contributed by atoms with Crippen LogP contribution in [-0.4, -0.2) is 54.6 Å². The van der Waals surface area contributed by atoms with E-state index in [9.17, 15) is 10.2 Å². The smallest absolute Gasteiger partial charge is 0.229 e. The fourth-order valence-electron chi connectivity index (χ4n) is 3.24. The van der Waals surface area contributed by atoms with Crippen molar-refractivity contribution in [2.24, 2.45) is 0 Å². The molecule has 0 bridgehead atoms. The summed E-state index contributed by atoms with van der Waals surface area (Å²) in [5.74, 6) is 1.18. The highest BCUT2D eigenvalue weighted by atomic mass is 16.8. The maximum atomic E-state index is 10.6. The lowest BCUT2D eigenvalue weighted by Crippen LogP contribution is -2.62. The normalized spacial score (nSPS) is 33.1. The topological polar surface area (TPSA) is 86.6 Å². The first-order valence-electron chi connectivity index (χ1n) is 8.80. The van der Waals surface area contributed by atoms with E-state index in [1.54, 1.807) is 31.4 Å². The van der Waals surface area contributed by atoms with E-state index in [1.807, 2.05) is 30.3 Å². The first-order chi connectivity index (χ1) is 13.2. The SMILES string of the molecule is COc1ccc(O[C@@H]2OC3COC(c4ccccc4)O[C@@H]3[C@H](O)C2O)cc1. The summed E-state index contributed by atoms with van der Waals surface area (Å²) < 4.78 is 28.2. The largest absolute Gasteiger partial charge is 0.497 e. The summed E-state index contributed by atoms with van der Waals surface area (Å²) in [5.41, 5.74) is 0.842. The maximum absolute atomic E-state index is 10.6. The molecule has 2 aromatic rings. The highest BCUT2D eigenvalue weighted by Gasteiger charge is 2.49. The average molecular weight is 374 g/mol. The predicted octanol–water partition coefficient (Wildman–Crippen LogP) is 1.63. The number of aliphatic hydroxyl groups is 2. The first kappa shape index (κ1) is 18.2. The molecular weight excluding hydrogens is 352 g/mol. The molecule has 2 heterocycles. The van der Waals surface area contributed by atoms with Crippen LogP contribution in [0.2, 0.25) is 0 Å². The van der Waals surface area contributed by atoms with Crippen LogP contribution in [0.3, 0.4) is 0 Å². The van der Waals surface area contributed by atoms with Gasteiger partial charge in [-0.2, -0.15) is 0 Å². The van der Waals surface area contributed by atoms with Gasteiger partial charge in [-0.3, -0.25) is 0 Å². The van der Waals surface area contributed by atoms with Crippen LogP contribution in [0.4, 0.5) is 0 Å². The van der Waals surface area contributed by atoms with Gasteiger partial charge in [0.05, 0.1) is 13.7 Å². The van der Waals surface area contributed by atoms with E-state index >= 15 is 0 Å². The number of fused-ring (bicyclic) bond motifs is 1. The Hall–Kier alpha value is -2.16. The lowest BCUT2D eigenvalue weighted by atomic mass is 9.98. The van der Waals surface area contributed by atoms with Gasteiger partial charge in [-0.25, -0.2) is 0 Å². The number of hydrogen-bond acceptors (Lipinski definition) is 7. The van der Waals surface area contributed by atoms with Gasteiger partial charge in [0, 0.05) is 5.56 Å². The molecule has 2 saturated heterocycles. The zero-order chi connectivity index (χ0) is 18.8. The van der Waals surface area contributed by atoms with Crippen LogP contribution < -0.4 is 9.47 Å². The molecule has 27 heavy (non-hydrogen) atoms. The summed E-state index contributed by atoms with van der Waals surface area (Å²) >= 11 is 0. The second-order valence-corrected chi connectivity index (χ2v) is 6.49. The van der Waals surface area contributed by atoms with Crippen LogP contribution in [0.5, 0.6) is 11.5 Å². The molecule has 7 heteroatoms. The molecule has 6 atom stereocenters. The second-order valence-electron chi connectivity index (χ2n) is 6.49. The fourth-order valence-corrected chi connectivity index (χ4v) is 3.24. The van der Waals surface area contributed by atoms with Crippen LogP contribution in [0, 0.1) is 0 Å². The quantitative estimate of drug-likeness (QED) is 0.841. The van der Waals surface area contributed by atoms with Crippen LogP contribution in [0.25, 0.3) is 0 Å². The molecule has 3 unspecified atom stereocenters. The number of rotatable bonds is 4. The van der Waals surface area contributed by atoms with Crippen molar-refractivity contribution in [3.8, 4) is 11.5 Å². The van der Waals surface area contributed by atoms with E-state index in [4.69, 9.17) is 23.7 Å². The minimum absolute atomic E-state index is 0.219.